The maximum Gasteiger partial charge on any atom is 0.374 e. The summed E-state index contributed by atoms with van der Waals surface area (Å²) in [4.78, 5) is 36.2. The predicted octanol–water partition coefficient (Wildman–Crippen LogP) is 4.20. The number of esters is 1. The van der Waals surface area contributed by atoms with Gasteiger partial charge in [-0.2, -0.15) is 0 Å². The molecule has 3 aromatic rings. The van der Waals surface area contributed by atoms with Crippen LogP contribution in [0.15, 0.2) is 51.7 Å². The second-order valence-corrected chi connectivity index (χ2v) is 6.57. The number of aryl methyl sites for hydroxylation is 1. The van der Waals surface area contributed by atoms with Crippen LogP contribution in [0.3, 0.4) is 0 Å². The Bertz CT molecular complexity index is 1110. The van der Waals surface area contributed by atoms with Gasteiger partial charge in [-0.15, -0.1) is 0 Å². The molecular weight excluding hydrogens is 393 g/mol. The number of fused-ring (bicyclic) bond motifs is 1. The van der Waals surface area contributed by atoms with Crippen molar-refractivity contribution in [3.8, 4) is 0 Å². The number of hydrogen-bond donors (Lipinski definition) is 1. The van der Waals surface area contributed by atoms with Crippen molar-refractivity contribution in [3.05, 3.63) is 74.1 Å². The maximum absolute atomic E-state index is 12.1. The molecule has 0 saturated heterocycles. The summed E-state index contributed by atoms with van der Waals surface area (Å²) in [6.45, 7) is 1.24. The molecule has 1 heterocycles. The normalized spacial score (nSPS) is 10.6. The molecular formula is C19H13Cl2NO5. The van der Waals surface area contributed by atoms with Crippen molar-refractivity contribution < 1.29 is 18.7 Å². The predicted molar refractivity (Wildman–Crippen MR) is 103 cm³/mol. The lowest BCUT2D eigenvalue weighted by atomic mass is 10.2. The minimum absolute atomic E-state index is 0.195. The number of amides is 1. The molecule has 0 aliphatic carbocycles. The summed E-state index contributed by atoms with van der Waals surface area (Å²) in [7, 11) is 0. The van der Waals surface area contributed by atoms with Crippen molar-refractivity contribution in [2.45, 2.75) is 6.92 Å². The van der Waals surface area contributed by atoms with E-state index >= 15 is 0 Å². The molecule has 0 aliphatic rings. The number of rotatable bonds is 4. The fraction of sp³-hybridized carbons (Fsp3) is 0.105. The van der Waals surface area contributed by atoms with Gasteiger partial charge in [-0.25, -0.2) is 4.79 Å². The molecule has 8 heteroatoms. The molecule has 3 rings (SSSR count). The van der Waals surface area contributed by atoms with E-state index in [1.165, 1.54) is 18.2 Å². The van der Waals surface area contributed by atoms with E-state index in [4.69, 9.17) is 32.4 Å². The van der Waals surface area contributed by atoms with Gasteiger partial charge in [0.25, 0.3) is 5.91 Å². The van der Waals surface area contributed by atoms with Gasteiger partial charge in [-0.1, -0.05) is 23.2 Å². The highest BCUT2D eigenvalue weighted by Gasteiger charge is 2.16. The van der Waals surface area contributed by atoms with Crippen molar-refractivity contribution >= 4 is 51.7 Å². The van der Waals surface area contributed by atoms with E-state index in [9.17, 15) is 14.4 Å². The number of carbonyl (C=O) groups excluding carboxylic acids is 2. The van der Waals surface area contributed by atoms with Crippen LogP contribution in [0, 0.1) is 6.92 Å². The summed E-state index contributed by atoms with van der Waals surface area (Å²) in [5.74, 6) is -1.76. The molecule has 0 spiro atoms. The maximum atomic E-state index is 12.1. The number of carbonyl (C=O) groups is 2. The Morgan fingerprint density at radius 3 is 2.52 bits per heavy atom. The van der Waals surface area contributed by atoms with Crippen LogP contribution < -0.4 is 10.7 Å². The van der Waals surface area contributed by atoms with Gasteiger partial charge in [-0.3, -0.25) is 9.59 Å². The van der Waals surface area contributed by atoms with Crippen LogP contribution >= 0.6 is 23.2 Å². The SMILES string of the molecule is Cc1cc(Cl)ccc1NC(=O)COC(=O)c1cc(=O)c2cc(Cl)ccc2o1. The van der Waals surface area contributed by atoms with Crippen LogP contribution in [0.25, 0.3) is 11.0 Å². The highest BCUT2D eigenvalue weighted by Crippen LogP contribution is 2.20. The van der Waals surface area contributed by atoms with Crippen molar-refractivity contribution in [2.24, 2.45) is 0 Å². The third-order valence-corrected chi connectivity index (χ3v) is 4.16. The molecule has 0 saturated carbocycles. The smallest absolute Gasteiger partial charge is 0.374 e. The van der Waals surface area contributed by atoms with Gasteiger partial charge in [0.1, 0.15) is 5.58 Å². The van der Waals surface area contributed by atoms with Crippen LogP contribution in [0.2, 0.25) is 10.0 Å². The second kappa shape index (κ2) is 7.82. The van der Waals surface area contributed by atoms with Crippen LogP contribution in [-0.2, 0) is 9.53 Å². The zero-order chi connectivity index (χ0) is 19.6. The Morgan fingerprint density at radius 2 is 1.78 bits per heavy atom. The van der Waals surface area contributed by atoms with Crippen LogP contribution in [-0.4, -0.2) is 18.5 Å². The van der Waals surface area contributed by atoms with E-state index in [1.807, 2.05) is 0 Å². The summed E-state index contributed by atoms with van der Waals surface area (Å²) in [5, 5.41) is 3.78. The number of halogens is 2. The highest BCUT2D eigenvalue weighted by molar-refractivity contribution is 6.31. The zero-order valence-corrected chi connectivity index (χ0v) is 15.6. The average Bonchev–Trinajstić information content (AvgIpc) is 2.62. The monoisotopic (exact) mass is 405 g/mol. The highest BCUT2D eigenvalue weighted by atomic mass is 35.5. The number of ether oxygens (including phenoxy) is 1. The van der Waals surface area contributed by atoms with E-state index in [2.05, 4.69) is 5.32 Å². The first kappa shape index (κ1) is 18.9. The minimum Gasteiger partial charge on any atom is -0.450 e. The fourth-order valence-electron chi connectivity index (χ4n) is 2.38. The van der Waals surface area contributed by atoms with Crippen LogP contribution in [0.4, 0.5) is 5.69 Å². The van der Waals surface area contributed by atoms with Gasteiger partial charge in [0.15, 0.2) is 12.0 Å². The second-order valence-electron chi connectivity index (χ2n) is 5.70. The largest absolute Gasteiger partial charge is 0.450 e. The molecule has 0 radical (unpaired) electrons. The summed E-state index contributed by atoms with van der Waals surface area (Å²) < 4.78 is 10.3. The quantitative estimate of drug-likeness (QED) is 0.657. The minimum atomic E-state index is -0.924. The average molecular weight is 406 g/mol. The van der Waals surface area contributed by atoms with Gasteiger partial charge in [0.05, 0.1) is 5.39 Å². The first-order valence-corrected chi connectivity index (χ1v) is 8.55. The number of hydrogen-bond acceptors (Lipinski definition) is 5. The number of nitrogens with one attached hydrogen (secondary N) is 1. The van der Waals surface area contributed by atoms with Crippen molar-refractivity contribution in [3.63, 3.8) is 0 Å². The Morgan fingerprint density at radius 1 is 1.07 bits per heavy atom. The fourth-order valence-corrected chi connectivity index (χ4v) is 2.78. The molecule has 0 fully saturated rings. The van der Waals surface area contributed by atoms with E-state index < -0.39 is 23.9 Å². The standard InChI is InChI=1S/C19H13Cl2NO5/c1-10-6-11(20)2-4-14(10)22-18(24)9-26-19(25)17-8-15(23)13-7-12(21)3-5-16(13)27-17/h2-8H,9H2,1H3,(H,22,24). The van der Waals surface area contributed by atoms with E-state index in [1.54, 1.807) is 25.1 Å². The van der Waals surface area contributed by atoms with Crippen molar-refractivity contribution in [2.75, 3.05) is 11.9 Å². The Hall–Kier alpha value is -2.83. The van der Waals surface area contributed by atoms with Gasteiger partial charge >= 0.3 is 5.97 Å². The van der Waals surface area contributed by atoms with Crippen LogP contribution in [0.1, 0.15) is 16.1 Å². The molecule has 1 aromatic heterocycles. The molecule has 0 aliphatic heterocycles. The zero-order valence-electron chi connectivity index (χ0n) is 14.0. The molecule has 0 atom stereocenters. The van der Waals surface area contributed by atoms with E-state index in [0.29, 0.717) is 15.7 Å². The Kier molecular flexibility index (Phi) is 5.48. The molecule has 2 aromatic carbocycles. The third-order valence-electron chi connectivity index (χ3n) is 3.69. The number of anilines is 1. The number of benzene rings is 2. The molecule has 0 unspecified atom stereocenters. The molecule has 1 N–H and O–H groups in total. The third kappa shape index (κ3) is 4.48. The lowest BCUT2D eigenvalue weighted by molar-refractivity contribution is -0.119. The van der Waals surface area contributed by atoms with Crippen molar-refractivity contribution in [1.29, 1.82) is 0 Å². The molecule has 27 heavy (non-hydrogen) atoms. The van der Waals surface area contributed by atoms with E-state index in [0.717, 1.165) is 11.6 Å². The topological polar surface area (TPSA) is 85.6 Å². The Balaban J connectivity index is 1.68. The molecule has 6 nitrogen and oxygen atoms in total. The van der Waals surface area contributed by atoms with Gasteiger partial charge in [0.2, 0.25) is 5.76 Å². The lowest BCUT2D eigenvalue weighted by Crippen LogP contribution is -2.21. The Labute approximate surface area is 163 Å². The molecule has 1 amide bonds. The molecule has 0 bridgehead atoms. The van der Waals surface area contributed by atoms with Crippen LogP contribution in [0.5, 0.6) is 0 Å². The first-order valence-electron chi connectivity index (χ1n) is 7.80. The van der Waals surface area contributed by atoms with Gasteiger partial charge in [-0.05, 0) is 48.9 Å². The first-order chi connectivity index (χ1) is 12.8. The van der Waals surface area contributed by atoms with Gasteiger partial charge < -0.3 is 14.5 Å². The lowest BCUT2D eigenvalue weighted by Gasteiger charge is -2.09. The summed E-state index contributed by atoms with van der Waals surface area (Å²) in [6.07, 6.45) is 0. The van der Waals surface area contributed by atoms with E-state index in [-0.39, 0.29) is 16.7 Å². The summed E-state index contributed by atoms with van der Waals surface area (Å²) in [5.41, 5.74) is 1.07. The molecule has 138 valence electrons. The summed E-state index contributed by atoms with van der Waals surface area (Å²) >= 11 is 11.7. The van der Waals surface area contributed by atoms with Gasteiger partial charge in [0, 0.05) is 21.8 Å². The van der Waals surface area contributed by atoms with Crippen molar-refractivity contribution in [1.82, 2.24) is 0 Å². The summed E-state index contributed by atoms with van der Waals surface area (Å²) in [6, 6.07) is 10.4.